The summed E-state index contributed by atoms with van der Waals surface area (Å²) in [5, 5.41) is -0.0341. The summed E-state index contributed by atoms with van der Waals surface area (Å²) in [6.07, 6.45) is 4.37. The van der Waals surface area contributed by atoms with E-state index in [1.54, 1.807) is 19.9 Å². The monoisotopic (exact) mass is 422 g/mol. The second kappa shape index (κ2) is 11.1. The van der Waals surface area contributed by atoms with Crippen molar-refractivity contribution in [3.05, 3.63) is 41.2 Å². The maximum Gasteiger partial charge on any atom is 0.368 e. The van der Waals surface area contributed by atoms with Crippen molar-refractivity contribution < 1.29 is 23.1 Å². The quantitative estimate of drug-likeness (QED) is 0.266. The van der Waals surface area contributed by atoms with Crippen LogP contribution in [0.15, 0.2) is 35.6 Å². The molecule has 0 N–H and O–H groups in total. The molecule has 0 radical (unpaired) electrons. The minimum absolute atomic E-state index is 0.0341. The highest BCUT2D eigenvalue weighted by Crippen LogP contribution is 2.57. The predicted molar refractivity (Wildman–Crippen MR) is 117 cm³/mol. The molecule has 0 bridgehead atoms. The van der Waals surface area contributed by atoms with E-state index >= 15 is 0 Å². The first kappa shape index (κ1) is 23.9. The molecule has 1 aliphatic rings. The lowest BCUT2D eigenvalue weighted by atomic mass is 9.75. The highest BCUT2D eigenvalue weighted by molar-refractivity contribution is 7.60. The van der Waals surface area contributed by atoms with Gasteiger partial charge in [0.1, 0.15) is 11.4 Å². The first-order valence-electron chi connectivity index (χ1n) is 10.7. The van der Waals surface area contributed by atoms with E-state index in [0.29, 0.717) is 17.8 Å². The Bertz CT molecular complexity index is 718. The average Bonchev–Trinajstić information content (AvgIpc) is 2.67. The molecule has 0 heterocycles. The third-order valence-corrected chi connectivity index (χ3v) is 7.52. The Hall–Kier alpha value is -1.42. The Morgan fingerprint density at radius 3 is 2.31 bits per heavy atom. The number of benzene rings is 1. The summed E-state index contributed by atoms with van der Waals surface area (Å²) in [7, 11) is -3.79. The van der Waals surface area contributed by atoms with Crippen LogP contribution in [0.4, 0.5) is 0 Å². The van der Waals surface area contributed by atoms with Gasteiger partial charge in [-0.15, -0.1) is 0 Å². The second-order valence-electron chi connectivity index (χ2n) is 8.04. The van der Waals surface area contributed by atoms with Gasteiger partial charge in [0.2, 0.25) is 0 Å². The van der Waals surface area contributed by atoms with E-state index < -0.39 is 13.6 Å². The Kier molecular flexibility index (Phi) is 9.13. The molecule has 1 aromatic rings. The normalized spacial score (nSPS) is 23.2. The smallest absolute Gasteiger partial charge is 0.368 e. The van der Waals surface area contributed by atoms with Crippen LogP contribution in [-0.4, -0.2) is 25.3 Å². The third kappa shape index (κ3) is 6.53. The van der Waals surface area contributed by atoms with Gasteiger partial charge >= 0.3 is 13.6 Å². The lowest BCUT2D eigenvalue weighted by Gasteiger charge is -2.37. The number of carbonyl (C=O) groups is 1. The van der Waals surface area contributed by atoms with Gasteiger partial charge in [-0.05, 0) is 56.1 Å². The van der Waals surface area contributed by atoms with Crippen molar-refractivity contribution in [2.45, 2.75) is 60.0 Å². The molecular weight excluding hydrogens is 387 g/mol. The van der Waals surface area contributed by atoms with Gasteiger partial charge in [0, 0.05) is 0 Å². The van der Waals surface area contributed by atoms with Crippen molar-refractivity contribution in [3.8, 4) is 0 Å². The fraction of sp³-hybridized carbons (Fsp3) is 0.609. The zero-order chi connectivity index (χ0) is 21.4. The fourth-order valence-electron chi connectivity index (χ4n) is 3.92. The van der Waals surface area contributed by atoms with Crippen molar-refractivity contribution in [2.75, 3.05) is 13.2 Å². The molecule has 0 unspecified atom stereocenters. The van der Waals surface area contributed by atoms with E-state index in [4.69, 9.17) is 13.8 Å². The molecule has 29 heavy (non-hydrogen) atoms. The van der Waals surface area contributed by atoms with Crippen molar-refractivity contribution in [1.82, 2.24) is 0 Å². The van der Waals surface area contributed by atoms with Gasteiger partial charge in [0.25, 0.3) is 0 Å². The maximum absolute atomic E-state index is 13.5. The molecule has 6 heteroatoms. The molecule has 5 nitrogen and oxygen atoms in total. The summed E-state index contributed by atoms with van der Waals surface area (Å²) in [5.74, 6) is 0.595. The number of carbonyl (C=O) groups excluding carboxylic acids is 1. The molecule has 0 spiro atoms. The Morgan fingerprint density at radius 1 is 1.14 bits per heavy atom. The van der Waals surface area contributed by atoms with Gasteiger partial charge in [-0.25, -0.2) is 4.79 Å². The second-order valence-corrected chi connectivity index (χ2v) is 10.0. The summed E-state index contributed by atoms with van der Waals surface area (Å²) in [5.41, 5.74) is 0.747. The summed E-state index contributed by atoms with van der Waals surface area (Å²) >= 11 is 0. The number of ether oxygens (including phenoxy) is 1. The highest BCUT2D eigenvalue weighted by Gasteiger charge is 2.40. The zero-order valence-electron chi connectivity index (χ0n) is 18.3. The number of hydrogen-bond acceptors (Lipinski definition) is 5. The molecule has 2 rings (SSSR count). The van der Waals surface area contributed by atoms with Crippen molar-refractivity contribution in [3.63, 3.8) is 0 Å². The minimum atomic E-state index is -3.79. The van der Waals surface area contributed by atoms with Crippen molar-refractivity contribution in [2.24, 2.45) is 17.8 Å². The van der Waals surface area contributed by atoms with Gasteiger partial charge in [-0.1, -0.05) is 57.5 Å². The van der Waals surface area contributed by atoms with Crippen molar-refractivity contribution >= 4 is 19.6 Å². The van der Waals surface area contributed by atoms with Gasteiger partial charge in [-0.3, -0.25) is 4.57 Å². The van der Waals surface area contributed by atoms with E-state index in [0.717, 1.165) is 24.8 Å². The molecular formula is C23H35O5P. The Balaban J connectivity index is 2.38. The molecule has 162 valence electrons. The van der Waals surface area contributed by atoms with Crippen LogP contribution in [0.3, 0.4) is 0 Å². The van der Waals surface area contributed by atoms with Gasteiger partial charge in [-0.2, -0.15) is 0 Å². The minimum Gasteiger partial charge on any atom is -0.458 e. The topological polar surface area (TPSA) is 61.8 Å². The largest absolute Gasteiger partial charge is 0.458 e. The number of rotatable bonds is 9. The van der Waals surface area contributed by atoms with Crippen LogP contribution in [0.5, 0.6) is 0 Å². The number of esters is 1. The van der Waals surface area contributed by atoms with Gasteiger partial charge in [0.05, 0.1) is 13.2 Å². The van der Waals surface area contributed by atoms with Crippen LogP contribution >= 0.6 is 7.60 Å². The summed E-state index contributed by atoms with van der Waals surface area (Å²) < 4.78 is 30.4. The molecule has 1 aromatic carbocycles. The SMILES string of the molecule is CCOP(=O)(OCC)/C(=C\c1ccccc1)C(=O)O[C@@H]1C[C@H](C)CC[C@H]1C(C)C. The van der Waals surface area contributed by atoms with Crippen LogP contribution in [0, 0.1) is 17.8 Å². The highest BCUT2D eigenvalue weighted by atomic mass is 31.2. The molecule has 1 saturated carbocycles. The first-order valence-corrected chi connectivity index (χ1v) is 12.2. The Morgan fingerprint density at radius 2 is 1.76 bits per heavy atom. The van der Waals surface area contributed by atoms with Gasteiger partial charge in [0.15, 0.2) is 0 Å². The first-order chi connectivity index (χ1) is 13.8. The molecule has 0 amide bonds. The zero-order valence-corrected chi connectivity index (χ0v) is 19.2. The van der Waals surface area contributed by atoms with Crippen LogP contribution in [0.2, 0.25) is 0 Å². The summed E-state index contributed by atoms with van der Waals surface area (Å²) in [6.45, 7) is 10.3. The lowest BCUT2D eigenvalue weighted by molar-refractivity contribution is -0.150. The van der Waals surface area contributed by atoms with E-state index in [1.807, 2.05) is 30.3 Å². The van der Waals surface area contributed by atoms with E-state index in [9.17, 15) is 9.36 Å². The van der Waals surface area contributed by atoms with Crippen LogP contribution in [0.25, 0.3) is 6.08 Å². The standard InChI is InChI=1S/C23H35O5P/c1-6-26-29(25,27-7-2)22(16-19-11-9-8-10-12-19)23(24)28-21-15-18(5)13-14-20(21)17(3)4/h8-12,16-18,20-21H,6-7,13-15H2,1-5H3/b22-16-/t18-,20+,21-/m1/s1. The van der Waals surface area contributed by atoms with Gasteiger partial charge < -0.3 is 13.8 Å². The Labute approximate surface area is 175 Å². The summed E-state index contributed by atoms with van der Waals surface area (Å²) in [6, 6.07) is 9.29. The molecule has 0 aliphatic heterocycles. The van der Waals surface area contributed by atoms with Crippen LogP contribution in [0.1, 0.15) is 59.4 Å². The molecule has 0 saturated heterocycles. The summed E-state index contributed by atoms with van der Waals surface area (Å²) in [4.78, 5) is 13.3. The third-order valence-electron chi connectivity index (χ3n) is 5.42. The fourth-order valence-corrected chi connectivity index (χ4v) is 5.54. The molecule has 1 fully saturated rings. The van der Waals surface area contributed by atoms with E-state index in [-0.39, 0.29) is 24.6 Å². The van der Waals surface area contributed by atoms with E-state index in [1.165, 1.54) is 0 Å². The molecule has 3 atom stereocenters. The van der Waals surface area contributed by atoms with Crippen molar-refractivity contribution in [1.29, 1.82) is 0 Å². The molecule has 0 aromatic heterocycles. The predicted octanol–water partition coefficient (Wildman–Crippen LogP) is 6.30. The molecule has 1 aliphatic carbocycles. The van der Waals surface area contributed by atoms with E-state index in [2.05, 4.69) is 20.8 Å². The van der Waals surface area contributed by atoms with Crippen LogP contribution < -0.4 is 0 Å². The number of hydrogen-bond donors (Lipinski definition) is 0. The average molecular weight is 423 g/mol. The van der Waals surface area contributed by atoms with Crippen LogP contribution in [-0.2, 0) is 23.1 Å². The maximum atomic E-state index is 13.5. The lowest BCUT2D eigenvalue weighted by Crippen LogP contribution is -2.36.